The fraction of sp³-hybridized carbons (Fsp3) is 0.636. The van der Waals surface area contributed by atoms with E-state index in [1.807, 2.05) is 6.92 Å². The highest BCUT2D eigenvalue weighted by molar-refractivity contribution is 7.99. The number of nitrogens with two attached hydrogens (primary N) is 1. The molecule has 0 aliphatic rings. The number of nitrogens with zero attached hydrogens (tertiary/aromatic N) is 1. The summed E-state index contributed by atoms with van der Waals surface area (Å²) < 4.78 is 5.18. The average Bonchev–Trinajstić information content (AvgIpc) is 2.63. The van der Waals surface area contributed by atoms with Crippen molar-refractivity contribution in [2.24, 2.45) is 5.73 Å². The van der Waals surface area contributed by atoms with Crippen molar-refractivity contribution in [3.8, 4) is 0 Å². The monoisotopic (exact) mass is 258 g/mol. The van der Waals surface area contributed by atoms with Crippen LogP contribution in [0.25, 0.3) is 0 Å². The van der Waals surface area contributed by atoms with Crippen molar-refractivity contribution in [2.75, 3.05) is 5.75 Å². The van der Waals surface area contributed by atoms with Gasteiger partial charge in [0.1, 0.15) is 11.8 Å². The van der Waals surface area contributed by atoms with E-state index < -0.39 is 11.5 Å². The fourth-order valence-corrected chi connectivity index (χ4v) is 2.11. The zero-order chi connectivity index (χ0) is 12.9. The highest BCUT2D eigenvalue weighted by Gasteiger charge is 2.26. The minimum atomic E-state index is -1.12. The smallest absolute Gasteiger partial charge is 0.323 e. The molecule has 1 rings (SSSR count). The van der Waals surface area contributed by atoms with Crippen LogP contribution in [-0.2, 0) is 4.79 Å². The summed E-state index contributed by atoms with van der Waals surface area (Å²) in [6.45, 7) is 3.42. The number of rotatable bonds is 7. The Hall–Kier alpha value is -1.01. The van der Waals surface area contributed by atoms with Gasteiger partial charge in [-0.15, -0.1) is 0 Å². The van der Waals surface area contributed by atoms with E-state index in [0.29, 0.717) is 11.6 Å². The molecule has 0 fully saturated rings. The first-order chi connectivity index (χ1) is 7.92. The van der Waals surface area contributed by atoms with Gasteiger partial charge in [0.2, 0.25) is 0 Å². The van der Waals surface area contributed by atoms with Crippen molar-refractivity contribution >= 4 is 17.7 Å². The molecule has 1 aromatic rings. The molecule has 0 spiro atoms. The van der Waals surface area contributed by atoms with Crippen LogP contribution in [0.2, 0.25) is 0 Å². The van der Waals surface area contributed by atoms with Gasteiger partial charge in [-0.25, -0.2) is 4.98 Å². The highest BCUT2D eigenvalue weighted by Crippen LogP contribution is 2.19. The number of aryl methyl sites for hydroxylation is 1. The summed E-state index contributed by atoms with van der Waals surface area (Å²) in [7, 11) is 0. The SMILES string of the molecule is Cc1coc(SCCCCC(C)(N)C(=O)O)n1. The van der Waals surface area contributed by atoms with Crippen LogP contribution in [0.1, 0.15) is 31.9 Å². The molecular weight excluding hydrogens is 240 g/mol. The first-order valence-corrected chi connectivity index (χ1v) is 6.47. The van der Waals surface area contributed by atoms with Crippen molar-refractivity contribution in [3.05, 3.63) is 12.0 Å². The van der Waals surface area contributed by atoms with E-state index in [2.05, 4.69) is 4.98 Å². The number of hydrogen-bond acceptors (Lipinski definition) is 5. The minimum absolute atomic E-state index is 0.480. The van der Waals surface area contributed by atoms with Gasteiger partial charge in [0.15, 0.2) is 0 Å². The number of carbonyl (C=O) groups is 1. The van der Waals surface area contributed by atoms with Gasteiger partial charge in [0, 0.05) is 5.75 Å². The lowest BCUT2D eigenvalue weighted by Gasteiger charge is -2.18. The Morgan fingerprint density at radius 3 is 2.88 bits per heavy atom. The third-order valence-electron chi connectivity index (χ3n) is 2.40. The number of oxazole rings is 1. The highest BCUT2D eigenvalue weighted by atomic mass is 32.2. The van der Waals surface area contributed by atoms with E-state index in [1.165, 1.54) is 11.8 Å². The summed E-state index contributed by atoms with van der Waals surface area (Å²) in [4.78, 5) is 14.9. The molecule has 6 heteroatoms. The number of hydrogen-bond donors (Lipinski definition) is 2. The normalized spacial score (nSPS) is 14.5. The van der Waals surface area contributed by atoms with Crippen LogP contribution in [0, 0.1) is 6.92 Å². The molecule has 0 saturated heterocycles. The molecule has 1 aromatic heterocycles. The lowest BCUT2D eigenvalue weighted by Crippen LogP contribution is -2.44. The summed E-state index contributed by atoms with van der Waals surface area (Å²) in [5, 5.41) is 9.49. The predicted molar refractivity (Wildman–Crippen MR) is 66.0 cm³/mol. The van der Waals surface area contributed by atoms with Crippen molar-refractivity contribution in [1.82, 2.24) is 4.98 Å². The molecule has 0 saturated carbocycles. The second-order valence-corrected chi connectivity index (χ2v) is 5.33. The summed E-state index contributed by atoms with van der Waals surface area (Å²) >= 11 is 1.53. The van der Waals surface area contributed by atoms with Gasteiger partial charge < -0.3 is 15.3 Å². The van der Waals surface area contributed by atoms with Crippen LogP contribution in [0.5, 0.6) is 0 Å². The molecule has 1 atom stereocenters. The van der Waals surface area contributed by atoms with Gasteiger partial charge in [-0.3, -0.25) is 4.79 Å². The first kappa shape index (κ1) is 14.1. The van der Waals surface area contributed by atoms with Crippen molar-refractivity contribution in [2.45, 2.75) is 43.9 Å². The summed E-state index contributed by atoms with van der Waals surface area (Å²) in [5.74, 6) is -0.0937. The number of aromatic nitrogens is 1. The van der Waals surface area contributed by atoms with Crippen LogP contribution in [0.4, 0.5) is 0 Å². The van der Waals surface area contributed by atoms with Gasteiger partial charge in [-0.05, 0) is 26.7 Å². The topological polar surface area (TPSA) is 89.3 Å². The predicted octanol–water partition coefficient (Wildman–Crippen LogP) is 2.05. The van der Waals surface area contributed by atoms with Crippen LogP contribution in [-0.4, -0.2) is 27.4 Å². The third kappa shape index (κ3) is 4.79. The molecule has 0 amide bonds. The quantitative estimate of drug-likeness (QED) is 0.574. The standard InChI is InChI=1S/C11H18N2O3S/c1-8-7-16-10(13-8)17-6-4-3-5-11(2,12)9(14)15/h7H,3-6,12H2,1-2H3,(H,14,15). The van der Waals surface area contributed by atoms with Gasteiger partial charge >= 0.3 is 5.97 Å². The van der Waals surface area contributed by atoms with E-state index in [-0.39, 0.29) is 0 Å². The summed E-state index contributed by atoms with van der Waals surface area (Å²) in [6, 6.07) is 0. The van der Waals surface area contributed by atoms with Crippen molar-refractivity contribution in [1.29, 1.82) is 0 Å². The molecule has 1 heterocycles. The Balaban J connectivity index is 2.15. The molecular formula is C11H18N2O3S. The minimum Gasteiger partial charge on any atom is -0.480 e. The first-order valence-electron chi connectivity index (χ1n) is 5.49. The van der Waals surface area contributed by atoms with Crippen LogP contribution in [0.15, 0.2) is 15.9 Å². The molecule has 17 heavy (non-hydrogen) atoms. The number of aliphatic carboxylic acids is 1. The Bertz CT molecular complexity index is 377. The maximum atomic E-state index is 10.8. The Morgan fingerprint density at radius 2 is 2.35 bits per heavy atom. The van der Waals surface area contributed by atoms with E-state index in [4.69, 9.17) is 15.3 Å². The fourth-order valence-electron chi connectivity index (χ4n) is 1.26. The molecule has 3 N–H and O–H groups in total. The Labute approximate surface area is 105 Å². The van der Waals surface area contributed by atoms with Gasteiger partial charge in [0.25, 0.3) is 5.22 Å². The molecule has 1 unspecified atom stereocenters. The van der Waals surface area contributed by atoms with Crippen molar-refractivity contribution < 1.29 is 14.3 Å². The Morgan fingerprint density at radius 1 is 1.65 bits per heavy atom. The number of unbranched alkanes of at least 4 members (excludes halogenated alkanes) is 1. The lowest BCUT2D eigenvalue weighted by atomic mass is 9.97. The number of carboxylic acids is 1. The summed E-state index contributed by atoms with van der Waals surface area (Å²) in [6.07, 6.45) is 3.77. The zero-order valence-electron chi connectivity index (χ0n) is 10.1. The van der Waals surface area contributed by atoms with E-state index >= 15 is 0 Å². The molecule has 5 nitrogen and oxygen atoms in total. The number of carboxylic acid groups (broad SMARTS) is 1. The molecule has 96 valence electrons. The second-order valence-electron chi connectivity index (χ2n) is 4.28. The van der Waals surface area contributed by atoms with E-state index in [9.17, 15) is 4.79 Å². The average molecular weight is 258 g/mol. The van der Waals surface area contributed by atoms with Gasteiger partial charge in [-0.2, -0.15) is 0 Å². The molecule has 0 aliphatic carbocycles. The molecule has 0 aromatic carbocycles. The third-order valence-corrected chi connectivity index (χ3v) is 3.33. The summed E-state index contributed by atoms with van der Waals surface area (Å²) in [5.41, 5.74) is 5.37. The van der Waals surface area contributed by atoms with Crippen LogP contribution >= 0.6 is 11.8 Å². The Kier molecular flexibility index (Phi) is 5.02. The second kappa shape index (κ2) is 6.07. The maximum Gasteiger partial charge on any atom is 0.323 e. The largest absolute Gasteiger partial charge is 0.480 e. The maximum absolute atomic E-state index is 10.8. The zero-order valence-corrected chi connectivity index (χ0v) is 10.9. The van der Waals surface area contributed by atoms with Gasteiger partial charge in [-0.1, -0.05) is 18.2 Å². The molecule has 0 aliphatic heterocycles. The van der Waals surface area contributed by atoms with Crippen LogP contribution < -0.4 is 5.73 Å². The van der Waals surface area contributed by atoms with Gasteiger partial charge in [0.05, 0.1) is 5.69 Å². The van der Waals surface area contributed by atoms with Crippen LogP contribution in [0.3, 0.4) is 0 Å². The number of thioether (sulfide) groups is 1. The molecule has 0 radical (unpaired) electrons. The van der Waals surface area contributed by atoms with E-state index in [1.54, 1.807) is 13.2 Å². The molecule has 0 bridgehead atoms. The van der Waals surface area contributed by atoms with E-state index in [0.717, 1.165) is 24.3 Å². The van der Waals surface area contributed by atoms with Crippen molar-refractivity contribution in [3.63, 3.8) is 0 Å². The lowest BCUT2D eigenvalue weighted by molar-refractivity contribution is -0.142.